The summed E-state index contributed by atoms with van der Waals surface area (Å²) in [7, 11) is 0. The number of aromatic nitrogens is 2. The second kappa shape index (κ2) is 6.93. The predicted molar refractivity (Wildman–Crippen MR) is 90.7 cm³/mol. The Hall–Kier alpha value is -2.25. The molecule has 7 nitrogen and oxygen atoms in total. The molecule has 2 fully saturated rings. The third-order valence-corrected chi connectivity index (χ3v) is 4.98. The minimum absolute atomic E-state index is 0.0829. The van der Waals surface area contributed by atoms with E-state index >= 15 is 0 Å². The zero-order valence-electron chi connectivity index (χ0n) is 13.9. The van der Waals surface area contributed by atoms with Gasteiger partial charge in [0.15, 0.2) is 0 Å². The van der Waals surface area contributed by atoms with Gasteiger partial charge in [0.05, 0.1) is 30.3 Å². The van der Waals surface area contributed by atoms with Crippen LogP contribution in [-0.2, 0) is 9.53 Å². The van der Waals surface area contributed by atoms with E-state index in [4.69, 9.17) is 9.47 Å². The number of carboxylic acids is 1. The van der Waals surface area contributed by atoms with Gasteiger partial charge in [-0.05, 0) is 25.1 Å². The molecule has 2 aliphatic heterocycles. The van der Waals surface area contributed by atoms with E-state index in [1.807, 2.05) is 18.2 Å². The number of benzene rings is 1. The highest BCUT2D eigenvalue weighted by Gasteiger charge is 2.33. The maximum atomic E-state index is 11.6. The summed E-state index contributed by atoms with van der Waals surface area (Å²) in [6, 6.07) is 5.75. The molecule has 7 heteroatoms. The van der Waals surface area contributed by atoms with Gasteiger partial charge in [0.1, 0.15) is 18.2 Å². The van der Waals surface area contributed by atoms with Crippen molar-refractivity contribution >= 4 is 16.9 Å². The Balaban J connectivity index is 1.66. The highest BCUT2D eigenvalue weighted by Crippen LogP contribution is 2.34. The van der Waals surface area contributed by atoms with Crippen LogP contribution in [0.25, 0.3) is 10.9 Å². The third kappa shape index (κ3) is 3.29. The number of carboxylic acid groups (broad SMARTS) is 1. The van der Waals surface area contributed by atoms with Gasteiger partial charge in [-0.3, -0.25) is 4.79 Å². The van der Waals surface area contributed by atoms with E-state index in [0.29, 0.717) is 13.2 Å². The zero-order chi connectivity index (χ0) is 17.2. The first-order valence-electron chi connectivity index (χ1n) is 8.65. The van der Waals surface area contributed by atoms with Crippen molar-refractivity contribution in [2.24, 2.45) is 5.92 Å². The first kappa shape index (κ1) is 16.2. The van der Waals surface area contributed by atoms with Gasteiger partial charge in [-0.2, -0.15) is 0 Å². The van der Waals surface area contributed by atoms with Gasteiger partial charge in [0, 0.05) is 30.3 Å². The molecule has 2 aliphatic rings. The molecule has 0 saturated carbocycles. The maximum absolute atomic E-state index is 11.6. The van der Waals surface area contributed by atoms with Crippen LogP contribution in [0.4, 0.5) is 0 Å². The highest BCUT2D eigenvalue weighted by atomic mass is 16.5. The van der Waals surface area contributed by atoms with Crippen LogP contribution < -0.4 is 10.1 Å². The summed E-state index contributed by atoms with van der Waals surface area (Å²) in [5, 5.41) is 13.6. The molecule has 3 atom stereocenters. The summed E-state index contributed by atoms with van der Waals surface area (Å²) in [6.45, 7) is 2.61. The van der Waals surface area contributed by atoms with E-state index in [1.165, 1.54) is 6.33 Å². The maximum Gasteiger partial charge on any atom is 0.308 e. The van der Waals surface area contributed by atoms with Gasteiger partial charge >= 0.3 is 5.97 Å². The zero-order valence-corrected chi connectivity index (χ0v) is 13.9. The molecule has 3 heterocycles. The van der Waals surface area contributed by atoms with Crippen molar-refractivity contribution in [1.29, 1.82) is 0 Å². The van der Waals surface area contributed by atoms with Crippen LogP contribution in [0.5, 0.6) is 5.75 Å². The van der Waals surface area contributed by atoms with Crippen LogP contribution in [0.15, 0.2) is 24.5 Å². The van der Waals surface area contributed by atoms with E-state index in [2.05, 4.69) is 15.3 Å². The highest BCUT2D eigenvalue weighted by molar-refractivity contribution is 5.83. The molecule has 3 unspecified atom stereocenters. The van der Waals surface area contributed by atoms with Crippen LogP contribution in [0, 0.1) is 5.92 Å². The molecule has 0 spiro atoms. The molecule has 132 valence electrons. The molecule has 2 aromatic rings. The second-order valence-electron chi connectivity index (χ2n) is 6.59. The van der Waals surface area contributed by atoms with Crippen LogP contribution in [0.3, 0.4) is 0 Å². The molecule has 2 N–H and O–H groups in total. The Morgan fingerprint density at radius 3 is 3.04 bits per heavy atom. The van der Waals surface area contributed by atoms with E-state index in [0.717, 1.165) is 48.3 Å². The lowest BCUT2D eigenvalue weighted by atomic mass is 9.82. The van der Waals surface area contributed by atoms with E-state index in [1.54, 1.807) is 0 Å². The van der Waals surface area contributed by atoms with Crippen LogP contribution in [0.1, 0.15) is 24.5 Å². The lowest BCUT2D eigenvalue weighted by molar-refractivity contribution is -0.143. The van der Waals surface area contributed by atoms with Crippen molar-refractivity contribution in [3.05, 3.63) is 30.2 Å². The number of hydrogen-bond acceptors (Lipinski definition) is 6. The molecular weight excluding hydrogens is 322 g/mol. The molecule has 2 saturated heterocycles. The van der Waals surface area contributed by atoms with Crippen LogP contribution >= 0.6 is 0 Å². The standard InChI is InChI=1S/C18H21N3O4/c22-18(23)15-8-19-5-3-13(15)17-14-2-1-11(7-16(14)20-10-21-17)25-12-4-6-24-9-12/h1-2,7,10,12-13,15,19H,3-6,8-9H2,(H,22,23). The van der Waals surface area contributed by atoms with Crippen molar-refractivity contribution in [3.8, 4) is 5.75 Å². The van der Waals surface area contributed by atoms with Crippen LogP contribution in [0.2, 0.25) is 0 Å². The van der Waals surface area contributed by atoms with Crippen molar-refractivity contribution in [1.82, 2.24) is 15.3 Å². The van der Waals surface area contributed by atoms with E-state index in [9.17, 15) is 9.90 Å². The molecular formula is C18H21N3O4. The summed E-state index contributed by atoms with van der Waals surface area (Å²) in [5.74, 6) is -0.615. The SMILES string of the molecule is O=C(O)C1CNCCC1c1ncnc2cc(OC3CCOC3)ccc12. The number of ether oxygens (including phenoxy) is 2. The second-order valence-corrected chi connectivity index (χ2v) is 6.59. The number of nitrogens with zero attached hydrogens (tertiary/aromatic N) is 2. The van der Waals surface area contributed by atoms with Crippen LogP contribution in [-0.4, -0.2) is 53.5 Å². The molecule has 0 amide bonds. The first-order valence-corrected chi connectivity index (χ1v) is 8.65. The van der Waals surface area contributed by atoms with E-state index in [-0.39, 0.29) is 12.0 Å². The fourth-order valence-electron chi connectivity index (χ4n) is 3.67. The Morgan fingerprint density at radius 1 is 1.32 bits per heavy atom. The number of hydrogen-bond donors (Lipinski definition) is 2. The molecule has 0 radical (unpaired) electrons. The Kier molecular flexibility index (Phi) is 4.50. The van der Waals surface area contributed by atoms with Gasteiger partial charge in [0.2, 0.25) is 0 Å². The molecule has 0 bridgehead atoms. The normalized spacial score (nSPS) is 26.6. The Labute approximate surface area is 145 Å². The minimum Gasteiger partial charge on any atom is -0.488 e. The van der Waals surface area contributed by atoms with Gasteiger partial charge in [-0.25, -0.2) is 9.97 Å². The molecule has 0 aliphatic carbocycles. The number of piperidine rings is 1. The lowest BCUT2D eigenvalue weighted by Crippen LogP contribution is -2.40. The number of nitrogens with one attached hydrogen (secondary N) is 1. The Bertz CT molecular complexity index is 776. The smallest absolute Gasteiger partial charge is 0.308 e. The first-order chi connectivity index (χ1) is 12.2. The molecule has 4 rings (SSSR count). The van der Waals surface area contributed by atoms with E-state index < -0.39 is 11.9 Å². The predicted octanol–water partition coefficient (Wildman–Crippen LogP) is 1.58. The number of carbonyl (C=O) groups is 1. The Morgan fingerprint density at radius 2 is 2.24 bits per heavy atom. The number of rotatable bonds is 4. The monoisotopic (exact) mass is 343 g/mol. The summed E-state index contributed by atoms with van der Waals surface area (Å²) in [5.41, 5.74) is 1.60. The third-order valence-electron chi connectivity index (χ3n) is 4.98. The molecule has 1 aromatic carbocycles. The lowest BCUT2D eigenvalue weighted by Gasteiger charge is -2.29. The van der Waals surface area contributed by atoms with Crippen molar-refractivity contribution in [3.63, 3.8) is 0 Å². The average molecular weight is 343 g/mol. The average Bonchev–Trinajstić information content (AvgIpc) is 3.14. The molecule has 25 heavy (non-hydrogen) atoms. The minimum atomic E-state index is -0.787. The summed E-state index contributed by atoms with van der Waals surface area (Å²) < 4.78 is 11.3. The van der Waals surface area contributed by atoms with Crippen molar-refractivity contribution in [2.75, 3.05) is 26.3 Å². The van der Waals surface area contributed by atoms with Crippen molar-refractivity contribution < 1.29 is 19.4 Å². The molecule has 1 aromatic heterocycles. The quantitative estimate of drug-likeness (QED) is 0.870. The summed E-state index contributed by atoms with van der Waals surface area (Å²) in [4.78, 5) is 20.4. The largest absolute Gasteiger partial charge is 0.488 e. The topological polar surface area (TPSA) is 93.6 Å². The number of fused-ring (bicyclic) bond motifs is 1. The van der Waals surface area contributed by atoms with Gasteiger partial charge < -0.3 is 19.9 Å². The van der Waals surface area contributed by atoms with Crippen molar-refractivity contribution in [2.45, 2.75) is 24.9 Å². The fraction of sp³-hybridized carbons (Fsp3) is 0.500. The summed E-state index contributed by atoms with van der Waals surface area (Å²) in [6.07, 6.45) is 3.24. The van der Waals surface area contributed by atoms with Gasteiger partial charge in [0.25, 0.3) is 0 Å². The van der Waals surface area contributed by atoms with Gasteiger partial charge in [-0.15, -0.1) is 0 Å². The number of aliphatic carboxylic acids is 1. The summed E-state index contributed by atoms with van der Waals surface area (Å²) >= 11 is 0. The van der Waals surface area contributed by atoms with Gasteiger partial charge in [-0.1, -0.05) is 0 Å². The fourth-order valence-corrected chi connectivity index (χ4v) is 3.67.